The third-order valence-corrected chi connectivity index (χ3v) is 5.16. The summed E-state index contributed by atoms with van der Waals surface area (Å²) in [6, 6.07) is 13.1. The standard InChI is InChI=1S/C23H25N3O2/c1-14-7-6-8-20(18(14)5)24-22(27)13-26-23(28)10-9-21(25-26)19-12-16(3)15(2)11-17(19)4/h6-12H,13H2,1-5H3,(H,24,27). The van der Waals surface area contributed by atoms with Gasteiger partial charge in [0.1, 0.15) is 6.54 Å². The van der Waals surface area contributed by atoms with E-state index in [0.29, 0.717) is 5.69 Å². The second-order valence-electron chi connectivity index (χ2n) is 7.26. The molecule has 1 amide bonds. The quantitative estimate of drug-likeness (QED) is 0.747. The maximum Gasteiger partial charge on any atom is 0.267 e. The van der Waals surface area contributed by atoms with Crippen LogP contribution in [0.3, 0.4) is 0 Å². The molecule has 144 valence electrons. The summed E-state index contributed by atoms with van der Waals surface area (Å²) >= 11 is 0. The smallest absolute Gasteiger partial charge is 0.267 e. The summed E-state index contributed by atoms with van der Waals surface area (Å²) in [6.45, 7) is 9.95. The Kier molecular flexibility index (Phi) is 5.45. The first-order valence-electron chi connectivity index (χ1n) is 9.28. The molecule has 0 aliphatic carbocycles. The zero-order chi connectivity index (χ0) is 20.4. The molecule has 2 aromatic carbocycles. The van der Waals surface area contributed by atoms with Gasteiger partial charge in [-0.05, 0) is 80.6 Å². The molecule has 0 aliphatic heterocycles. The zero-order valence-corrected chi connectivity index (χ0v) is 17.0. The SMILES string of the molecule is Cc1cc(C)c(-c2ccc(=O)n(CC(=O)Nc3cccc(C)c3C)n2)cc1C. The van der Waals surface area contributed by atoms with Crippen molar-refractivity contribution in [2.45, 2.75) is 41.2 Å². The maximum atomic E-state index is 12.5. The first kappa shape index (κ1) is 19.5. The van der Waals surface area contributed by atoms with Crippen LogP contribution in [0.5, 0.6) is 0 Å². The molecule has 5 nitrogen and oxygen atoms in total. The highest BCUT2D eigenvalue weighted by Crippen LogP contribution is 2.24. The number of aryl methyl sites for hydroxylation is 4. The molecule has 1 heterocycles. The number of carbonyl (C=O) groups is 1. The molecular weight excluding hydrogens is 350 g/mol. The zero-order valence-electron chi connectivity index (χ0n) is 17.0. The van der Waals surface area contributed by atoms with Crippen molar-refractivity contribution >= 4 is 11.6 Å². The number of nitrogens with one attached hydrogen (secondary N) is 1. The van der Waals surface area contributed by atoms with Crippen LogP contribution in [0, 0.1) is 34.6 Å². The van der Waals surface area contributed by atoms with Crippen LogP contribution in [0.15, 0.2) is 47.3 Å². The van der Waals surface area contributed by atoms with Crippen LogP contribution in [-0.4, -0.2) is 15.7 Å². The topological polar surface area (TPSA) is 64.0 Å². The Morgan fingerprint density at radius 1 is 0.929 bits per heavy atom. The van der Waals surface area contributed by atoms with Crippen LogP contribution in [-0.2, 0) is 11.3 Å². The number of hydrogen-bond donors (Lipinski definition) is 1. The molecule has 0 aliphatic rings. The van der Waals surface area contributed by atoms with Gasteiger partial charge < -0.3 is 5.32 Å². The summed E-state index contributed by atoms with van der Waals surface area (Å²) in [5.74, 6) is -0.280. The van der Waals surface area contributed by atoms with Gasteiger partial charge in [0.15, 0.2) is 0 Å². The third-order valence-electron chi connectivity index (χ3n) is 5.16. The minimum atomic E-state index is -0.304. The predicted octanol–water partition coefficient (Wildman–Crippen LogP) is 4.09. The molecule has 0 saturated heterocycles. The number of hydrogen-bond acceptors (Lipinski definition) is 3. The van der Waals surface area contributed by atoms with Crippen molar-refractivity contribution in [3.8, 4) is 11.3 Å². The second kappa shape index (κ2) is 7.80. The van der Waals surface area contributed by atoms with Crippen molar-refractivity contribution < 1.29 is 4.79 Å². The van der Waals surface area contributed by atoms with Crippen LogP contribution in [0.2, 0.25) is 0 Å². The molecule has 0 spiro atoms. The summed E-state index contributed by atoms with van der Waals surface area (Å²) in [6.07, 6.45) is 0. The van der Waals surface area contributed by atoms with Gasteiger partial charge in [-0.3, -0.25) is 9.59 Å². The molecule has 0 fully saturated rings. The van der Waals surface area contributed by atoms with Gasteiger partial charge >= 0.3 is 0 Å². The molecule has 0 bridgehead atoms. The van der Waals surface area contributed by atoms with Crippen LogP contribution in [0.1, 0.15) is 27.8 Å². The predicted molar refractivity (Wildman–Crippen MR) is 113 cm³/mol. The molecule has 1 aromatic heterocycles. The molecule has 0 unspecified atom stereocenters. The highest BCUT2D eigenvalue weighted by Gasteiger charge is 2.12. The summed E-state index contributed by atoms with van der Waals surface area (Å²) in [5, 5.41) is 7.31. The monoisotopic (exact) mass is 375 g/mol. The molecular formula is C23H25N3O2. The van der Waals surface area contributed by atoms with Crippen molar-refractivity contribution in [3.63, 3.8) is 0 Å². The van der Waals surface area contributed by atoms with Crippen LogP contribution in [0.4, 0.5) is 5.69 Å². The van der Waals surface area contributed by atoms with Crippen LogP contribution >= 0.6 is 0 Å². The fourth-order valence-corrected chi connectivity index (χ4v) is 3.15. The van der Waals surface area contributed by atoms with Crippen molar-refractivity contribution in [2.75, 3.05) is 5.32 Å². The Morgan fingerprint density at radius 3 is 2.39 bits per heavy atom. The van der Waals surface area contributed by atoms with E-state index in [4.69, 9.17) is 0 Å². The molecule has 0 radical (unpaired) electrons. The highest BCUT2D eigenvalue weighted by molar-refractivity contribution is 5.91. The lowest BCUT2D eigenvalue weighted by molar-refractivity contribution is -0.117. The van der Waals surface area contributed by atoms with E-state index in [2.05, 4.69) is 29.5 Å². The van der Waals surface area contributed by atoms with E-state index < -0.39 is 0 Å². The van der Waals surface area contributed by atoms with Gasteiger partial charge in [-0.1, -0.05) is 18.2 Å². The molecule has 5 heteroatoms. The van der Waals surface area contributed by atoms with Crippen LogP contribution in [0.25, 0.3) is 11.3 Å². The van der Waals surface area contributed by atoms with Crippen molar-refractivity contribution in [1.29, 1.82) is 0 Å². The molecule has 28 heavy (non-hydrogen) atoms. The average Bonchev–Trinajstić information content (AvgIpc) is 2.64. The summed E-state index contributed by atoms with van der Waals surface area (Å²) in [4.78, 5) is 24.7. The largest absolute Gasteiger partial charge is 0.324 e. The first-order valence-corrected chi connectivity index (χ1v) is 9.28. The summed E-state index contributed by atoms with van der Waals surface area (Å²) < 4.78 is 1.21. The Hall–Kier alpha value is -3.21. The van der Waals surface area contributed by atoms with E-state index in [1.807, 2.05) is 45.9 Å². The van der Waals surface area contributed by atoms with Gasteiger partial charge in [-0.2, -0.15) is 5.10 Å². The Labute approximate surface area is 165 Å². The lowest BCUT2D eigenvalue weighted by atomic mass is 9.99. The lowest BCUT2D eigenvalue weighted by Crippen LogP contribution is -2.29. The number of anilines is 1. The van der Waals surface area contributed by atoms with Gasteiger partial charge in [0.2, 0.25) is 5.91 Å². The normalized spacial score (nSPS) is 10.8. The van der Waals surface area contributed by atoms with Gasteiger partial charge in [-0.15, -0.1) is 0 Å². The van der Waals surface area contributed by atoms with E-state index in [-0.39, 0.29) is 18.0 Å². The molecule has 3 aromatic rings. The number of amides is 1. The fraction of sp³-hybridized carbons (Fsp3) is 0.261. The lowest BCUT2D eigenvalue weighted by Gasteiger charge is -2.13. The van der Waals surface area contributed by atoms with Gasteiger partial charge in [0.05, 0.1) is 5.69 Å². The van der Waals surface area contributed by atoms with E-state index in [9.17, 15) is 9.59 Å². The molecule has 1 N–H and O–H groups in total. The van der Waals surface area contributed by atoms with Gasteiger partial charge in [0.25, 0.3) is 5.56 Å². The number of carbonyl (C=O) groups excluding carboxylic acids is 1. The second-order valence-corrected chi connectivity index (χ2v) is 7.26. The fourth-order valence-electron chi connectivity index (χ4n) is 3.15. The Bertz CT molecular complexity index is 1110. The Balaban J connectivity index is 1.88. The van der Waals surface area contributed by atoms with Crippen LogP contribution < -0.4 is 10.9 Å². The number of rotatable bonds is 4. The van der Waals surface area contributed by atoms with E-state index in [0.717, 1.165) is 33.5 Å². The highest BCUT2D eigenvalue weighted by atomic mass is 16.2. The van der Waals surface area contributed by atoms with Crippen molar-refractivity contribution in [2.24, 2.45) is 0 Å². The minimum absolute atomic E-state index is 0.135. The summed E-state index contributed by atoms with van der Waals surface area (Å²) in [7, 11) is 0. The molecule has 0 saturated carbocycles. The first-order chi connectivity index (χ1) is 13.3. The van der Waals surface area contributed by atoms with E-state index in [1.165, 1.54) is 16.3 Å². The van der Waals surface area contributed by atoms with Crippen molar-refractivity contribution in [1.82, 2.24) is 9.78 Å². The molecule has 3 rings (SSSR count). The Morgan fingerprint density at radius 2 is 1.64 bits per heavy atom. The van der Waals surface area contributed by atoms with E-state index >= 15 is 0 Å². The summed E-state index contributed by atoms with van der Waals surface area (Å²) in [5.41, 5.74) is 7.65. The van der Waals surface area contributed by atoms with Gasteiger partial charge in [-0.25, -0.2) is 4.68 Å². The average molecular weight is 375 g/mol. The van der Waals surface area contributed by atoms with E-state index in [1.54, 1.807) is 6.07 Å². The number of aromatic nitrogens is 2. The van der Waals surface area contributed by atoms with Gasteiger partial charge in [0, 0.05) is 17.3 Å². The molecule has 0 atom stereocenters. The minimum Gasteiger partial charge on any atom is -0.324 e. The number of benzene rings is 2. The third kappa shape index (κ3) is 4.03. The maximum absolute atomic E-state index is 12.5. The van der Waals surface area contributed by atoms with Crippen molar-refractivity contribution in [3.05, 3.63) is 80.6 Å². The number of nitrogens with zero attached hydrogens (tertiary/aromatic N) is 2.